The number of aliphatic hydroxyl groups excluding tert-OH is 1. The number of nitrogens with zero attached hydrogens (tertiary/aromatic N) is 1. The molecule has 0 aromatic heterocycles. The maximum absolute atomic E-state index is 12.6. The molecular formula is C19H20Cl2N2O8. The van der Waals surface area contributed by atoms with Crippen LogP contribution < -0.4 is 24.3 Å². The molecule has 0 saturated heterocycles. The SMILES string of the molecule is COc1cc(C(=O)NCC(O)COc2cccc(Cl)c2Cl)c([N+](=O)[O-])c(OC)c1OC. The number of ether oxygens (including phenoxy) is 4. The van der Waals surface area contributed by atoms with Gasteiger partial charge in [-0.1, -0.05) is 29.3 Å². The normalized spacial score (nSPS) is 11.4. The Morgan fingerprint density at radius 2 is 1.84 bits per heavy atom. The largest absolute Gasteiger partial charge is 0.493 e. The summed E-state index contributed by atoms with van der Waals surface area (Å²) in [6.07, 6.45) is -1.14. The van der Waals surface area contributed by atoms with Crippen molar-refractivity contribution < 1.29 is 33.8 Å². The third-order valence-electron chi connectivity index (χ3n) is 4.08. The van der Waals surface area contributed by atoms with Crippen LogP contribution in [0.4, 0.5) is 5.69 Å². The number of carbonyl (C=O) groups excluding carboxylic acids is 1. The predicted molar refractivity (Wildman–Crippen MR) is 113 cm³/mol. The molecule has 1 amide bonds. The van der Waals surface area contributed by atoms with Crippen molar-refractivity contribution in [3.8, 4) is 23.0 Å². The average molecular weight is 475 g/mol. The second-order valence-electron chi connectivity index (χ2n) is 6.03. The summed E-state index contributed by atoms with van der Waals surface area (Å²) in [5, 5.41) is 24.6. The van der Waals surface area contributed by atoms with Crippen LogP contribution in [0.15, 0.2) is 24.3 Å². The molecule has 1 unspecified atom stereocenters. The van der Waals surface area contributed by atoms with Gasteiger partial charge in [0.2, 0.25) is 11.5 Å². The lowest BCUT2D eigenvalue weighted by Gasteiger charge is -2.16. The van der Waals surface area contributed by atoms with Crippen molar-refractivity contribution in [2.45, 2.75) is 6.10 Å². The molecular weight excluding hydrogens is 455 g/mol. The molecule has 0 aliphatic rings. The van der Waals surface area contributed by atoms with E-state index in [1.54, 1.807) is 18.2 Å². The van der Waals surface area contributed by atoms with Crippen molar-refractivity contribution in [1.29, 1.82) is 0 Å². The average Bonchev–Trinajstić information content (AvgIpc) is 2.76. The molecule has 0 spiro atoms. The van der Waals surface area contributed by atoms with Crippen molar-refractivity contribution in [1.82, 2.24) is 5.32 Å². The van der Waals surface area contributed by atoms with Crippen molar-refractivity contribution in [3.63, 3.8) is 0 Å². The molecule has 0 aliphatic carbocycles. The first-order chi connectivity index (χ1) is 14.7. The van der Waals surface area contributed by atoms with Crippen LogP contribution in [0.25, 0.3) is 0 Å². The van der Waals surface area contributed by atoms with Crippen LogP contribution in [0.5, 0.6) is 23.0 Å². The van der Waals surface area contributed by atoms with Gasteiger partial charge in [0.25, 0.3) is 5.91 Å². The van der Waals surface area contributed by atoms with Gasteiger partial charge in [-0.15, -0.1) is 0 Å². The number of carbonyl (C=O) groups is 1. The van der Waals surface area contributed by atoms with Crippen LogP contribution in [0, 0.1) is 10.1 Å². The van der Waals surface area contributed by atoms with Crippen LogP contribution in [0.2, 0.25) is 10.0 Å². The fourth-order valence-electron chi connectivity index (χ4n) is 2.64. The minimum atomic E-state index is -1.14. The zero-order valence-corrected chi connectivity index (χ0v) is 18.3. The van der Waals surface area contributed by atoms with Gasteiger partial charge in [0.1, 0.15) is 29.0 Å². The lowest BCUT2D eigenvalue weighted by Crippen LogP contribution is -2.35. The number of methoxy groups -OCH3 is 3. The maximum atomic E-state index is 12.6. The fraction of sp³-hybridized carbons (Fsp3) is 0.316. The summed E-state index contributed by atoms with van der Waals surface area (Å²) in [6.45, 7) is -0.470. The molecule has 0 aliphatic heterocycles. The minimum absolute atomic E-state index is 0.0277. The highest BCUT2D eigenvalue weighted by Gasteiger charge is 2.32. The number of hydrogen-bond donors (Lipinski definition) is 2. The highest BCUT2D eigenvalue weighted by atomic mass is 35.5. The summed E-state index contributed by atoms with van der Waals surface area (Å²) in [4.78, 5) is 23.4. The van der Waals surface area contributed by atoms with Crippen LogP contribution in [0.3, 0.4) is 0 Å². The highest BCUT2D eigenvalue weighted by molar-refractivity contribution is 6.42. The van der Waals surface area contributed by atoms with E-state index in [1.807, 2.05) is 0 Å². The van der Waals surface area contributed by atoms with E-state index in [0.717, 1.165) is 6.07 Å². The fourth-order valence-corrected chi connectivity index (χ4v) is 2.99. The number of halogens is 2. The third-order valence-corrected chi connectivity index (χ3v) is 4.88. The molecule has 0 saturated carbocycles. The molecule has 12 heteroatoms. The number of nitro groups is 1. The number of nitro benzene ring substituents is 1. The Morgan fingerprint density at radius 1 is 1.16 bits per heavy atom. The van der Waals surface area contributed by atoms with Crippen molar-refractivity contribution >= 4 is 34.8 Å². The highest BCUT2D eigenvalue weighted by Crippen LogP contribution is 2.46. The van der Waals surface area contributed by atoms with Crippen molar-refractivity contribution in [2.24, 2.45) is 0 Å². The van der Waals surface area contributed by atoms with Crippen molar-refractivity contribution in [2.75, 3.05) is 34.5 Å². The Balaban J connectivity index is 2.15. The summed E-state index contributed by atoms with van der Waals surface area (Å²) in [6, 6.07) is 5.93. The van der Waals surface area contributed by atoms with Crippen LogP contribution in [-0.4, -0.2) is 56.5 Å². The molecule has 10 nitrogen and oxygen atoms in total. The Bertz CT molecular complexity index is 970. The van der Waals surface area contributed by atoms with Gasteiger partial charge in [-0.2, -0.15) is 0 Å². The van der Waals surface area contributed by atoms with Crippen molar-refractivity contribution in [3.05, 3.63) is 50.0 Å². The monoisotopic (exact) mass is 474 g/mol. The van der Waals surface area contributed by atoms with Gasteiger partial charge in [0.05, 0.1) is 31.3 Å². The van der Waals surface area contributed by atoms with E-state index in [0.29, 0.717) is 0 Å². The van der Waals surface area contributed by atoms with E-state index >= 15 is 0 Å². The minimum Gasteiger partial charge on any atom is -0.493 e. The molecule has 2 aromatic carbocycles. The molecule has 0 bridgehead atoms. The Kier molecular flexibility index (Phi) is 8.55. The van der Waals surface area contributed by atoms with Gasteiger partial charge in [0.15, 0.2) is 5.75 Å². The number of amides is 1. The molecule has 31 heavy (non-hydrogen) atoms. The third kappa shape index (κ3) is 5.60. The zero-order chi connectivity index (χ0) is 23.1. The topological polar surface area (TPSA) is 129 Å². The van der Waals surface area contributed by atoms with E-state index in [-0.39, 0.29) is 51.8 Å². The summed E-state index contributed by atoms with van der Waals surface area (Å²) in [5.74, 6) is -0.795. The smallest absolute Gasteiger partial charge is 0.327 e. The molecule has 2 aromatic rings. The van der Waals surface area contributed by atoms with Crippen LogP contribution in [0.1, 0.15) is 10.4 Å². The standard InChI is InChI=1S/C19H20Cl2N2O8/c1-28-14-7-11(16(23(26)27)18(30-3)17(14)29-2)19(25)22-8-10(24)9-31-13-6-4-5-12(20)15(13)21/h4-7,10,24H,8-9H2,1-3H3,(H,22,25). The second kappa shape index (κ2) is 10.9. The summed E-state index contributed by atoms with van der Waals surface area (Å²) >= 11 is 11.9. The first-order valence-electron chi connectivity index (χ1n) is 8.75. The molecule has 0 radical (unpaired) electrons. The zero-order valence-electron chi connectivity index (χ0n) is 16.8. The summed E-state index contributed by atoms with van der Waals surface area (Å²) in [7, 11) is 3.80. The summed E-state index contributed by atoms with van der Waals surface area (Å²) in [5.41, 5.74) is -0.931. The van der Waals surface area contributed by atoms with Crippen LogP contribution >= 0.6 is 23.2 Å². The Labute approximate surface area is 187 Å². The maximum Gasteiger partial charge on any atom is 0.327 e. The lowest BCUT2D eigenvalue weighted by molar-refractivity contribution is -0.386. The van der Waals surface area contributed by atoms with Gasteiger partial charge in [-0.25, -0.2) is 0 Å². The van der Waals surface area contributed by atoms with E-state index in [1.165, 1.54) is 21.3 Å². The number of aliphatic hydroxyl groups is 1. The van der Waals surface area contributed by atoms with E-state index < -0.39 is 22.6 Å². The molecule has 2 rings (SSSR count). The second-order valence-corrected chi connectivity index (χ2v) is 6.81. The van der Waals surface area contributed by atoms with Crippen LogP contribution in [-0.2, 0) is 0 Å². The lowest BCUT2D eigenvalue weighted by atomic mass is 10.1. The Hall–Kier alpha value is -2.95. The van der Waals surface area contributed by atoms with E-state index in [4.69, 9.17) is 42.1 Å². The molecule has 0 heterocycles. The molecule has 0 fully saturated rings. The van der Waals surface area contributed by atoms with E-state index in [9.17, 15) is 20.0 Å². The first kappa shape index (κ1) is 24.3. The molecule has 168 valence electrons. The van der Waals surface area contributed by atoms with E-state index in [2.05, 4.69) is 5.32 Å². The summed E-state index contributed by atoms with van der Waals surface area (Å²) < 4.78 is 20.7. The van der Waals surface area contributed by atoms with Gasteiger partial charge < -0.3 is 29.4 Å². The molecule has 2 N–H and O–H groups in total. The van der Waals surface area contributed by atoms with Gasteiger partial charge >= 0.3 is 5.69 Å². The molecule has 1 atom stereocenters. The van der Waals surface area contributed by atoms with Gasteiger partial charge in [-0.3, -0.25) is 14.9 Å². The predicted octanol–water partition coefficient (Wildman–Crippen LogP) is 3.10. The number of hydrogen-bond acceptors (Lipinski definition) is 8. The Morgan fingerprint density at radius 3 is 2.42 bits per heavy atom. The first-order valence-corrected chi connectivity index (χ1v) is 9.51. The number of benzene rings is 2. The van der Waals surface area contributed by atoms with Gasteiger partial charge in [0, 0.05) is 12.6 Å². The quantitative estimate of drug-likeness (QED) is 0.396. The number of nitrogens with one attached hydrogen (secondary N) is 1. The van der Waals surface area contributed by atoms with Gasteiger partial charge in [-0.05, 0) is 12.1 Å². The number of rotatable bonds is 10.